The van der Waals surface area contributed by atoms with Crippen LogP contribution in [0.1, 0.15) is 47.9 Å². The molecule has 2 aromatic heterocycles. The largest absolute Gasteiger partial charge is 0.468 e. The van der Waals surface area contributed by atoms with Crippen LogP contribution >= 0.6 is 11.3 Å². The van der Waals surface area contributed by atoms with Crippen LogP contribution in [0.4, 0.5) is 0 Å². The fourth-order valence-corrected chi connectivity index (χ4v) is 2.85. The molecule has 0 bridgehead atoms. The third kappa shape index (κ3) is 2.99. The van der Waals surface area contributed by atoms with E-state index in [0.717, 1.165) is 12.2 Å². The number of nitrogens with one attached hydrogen (secondary N) is 1. The van der Waals surface area contributed by atoms with Gasteiger partial charge in [0.1, 0.15) is 5.76 Å². The van der Waals surface area contributed by atoms with Crippen molar-refractivity contribution in [1.29, 1.82) is 0 Å². The first-order valence-corrected chi connectivity index (χ1v) is 6.88. The van der Waals surface area contributed by atoms with Gasteiger partial charge in [-0.15, -0.1) is 11.3 Å². The van der Waals surface area contributed by atoms with Gasteiger partial charge in [-0.2, -0.15) is 0 Å². The minimum atomic E-state index is 0.294. The summed E-state index contributed by atoms with van der Waals surface area (Å²) in [5.41, 5.74) is 0. The van der Waals surface area contributed by atoms with Crippen molar-refractivity contribution in [3.63, 3.8) is 0 Å². The summed E-state index contributed by atoms with van der Waals surface area (Å²) in [5, 5.41) is 3.62. The summed E-state index contributed by atoms with van der Waals surface area (Å²) in [6.07, 6.45) is 2.77. The second-order valence-corrected chi connectivity index (χ2v) is 5.63. The molecule has 0 saturated carbocycles. The van der Waals surface area contributed by atoms with Gasteiger partial charge in [0.05, 0.1) is 12.3 Å². The molecule has 0 amide bonds. The lowest BCUT2D eigenvalue weighted by atomic mass is 10.1. The van der Waals surface area contributed by atoms with Gasteiger partial charge in [0.25, 0.3) is 0 Å². The standard InChI is InChI=1S/C14H19NOS/c1-4-12(13-6-5-9-16-13)15-11(3)14-8-7-10(2)17-14/h5-9,11-12,15H,4H2,1-3H3. The monoisotopic (exact) mass is 249 g/mol. The highest BCUT2D eigenvalue weighted by Gasteiger charge is 2.16. The molecule has 3 heteroatoms. The smallest absolute Gasteiger partial charge is 0.120 e. The minimum Gasteiger partial charge on any atom is -0.468 e. The summed E-state index contributed by atoms with van der Waals surface area (Å²) in [7, 11) is 0. The first-order chi connectivity index (χ1) is 8.20. The Morgan fingerprint density at radius 3 is 2.71 bits per heavy atom. The Balaban J connectivity index is 2.04. The Labute approximate surface area is 107 Å². The summed E-state index contributed by atoms with van der Waals surface area (Å²) in [6.45, 7) is 6.52. The molecule has 2 unspecified atom stereocenters. The van der Waals surface area contributed by atoms with Crippen molar-refractivity contribution >= 4 is 11.3 Å². The van der Waals surface area contributed by atoms with E-state index in [-0.39, 0.29) is 0 Å². The zero-order chi connectivity index (χ0) is 12.3. The summed E-state index contributed by atoms with van der Waals surface area (Å²) in [6, 6.07) is 9.01. The molecule has 2 nitrogen and oxygen atoms in total. The molecule has 2 atom stereocenters. The highest BCUT2D eigenvalue weighted by molar-refractivity contribution is 7.12. The van der Waals surface area contributed by atoms with Crippen molar-refractivity contribution in [2.45, 2.75) is 39.3 Å². The molecule has 92 valence electrons. The molecule has 2 rings (SSSR count). The van der Waals surface area contributed by atoms with Gasteiger partial charge in [0, 0.05) is 15.8 Å². The van der Waals surface area contributed by atoms with Crippen LogP contribution in [0, 0.1) is 6.92 Å². The number of furan rings is 1. The summed E-state index contributed by atoms with van der Waals surface area (Å²) in [4.78, 5) is 2.74. The van der Waals surface area contributed by atoms with Crippen LogP contribution in [0.15, 0.2) is 34.9 Å². The Bertz CT molecular complexity index is 446. The molecule has 1 N–H and O–H groups in total. The van der Waals surface area contributed by atoms with Crippen molar-refractivity contribution < 1.29 is 4.42 Å². The molecule has 0 aromatic carbocycles. The van der Waals surface area contributed by atoms with Crippen LogP contribution in [0.25, 0.3) is 0 Å². The zero-order valence-corrected chi connectivity index (χ0v) is 11.4. The van der Waals surface area contributed by atoms with Crippen LogP contribution in [0.3, 0.4) is 0 Å². The molecule has 0 saturated heterocycles. The van der Waals surface area contributed by atoms with E-state index >= 15 is 0 Å². The van der Waals surface area contributed by atoms with Crippen molar-refractivity contribution in [2.75, 3.05) is 0 Å². The second kappa shape index (κ2) is 5.52. The molecule has 0 aliphatic heterocycles. The van der Waals surface area contributed by atoms with E-state index < -0.39 is 0 Å². The van der Waals surface area contributed by atoms with Crippen molar-refractivity contribution in [1.82, 2.24) is 5.32 Å². The molecule has 0 spiro atoms. The van der Waals surface area contributed by atoms with Crippen LogP contribution in [-0.4, -0.2) is 0 Å². The van der Waals surface area contributed by atoms with Crippen LogP contribution in [0.2, 0.25) is 0 Å². The summed E-state index contributed by atoms with van der Waals surface area (Å²) in [5.74, 6) is 1.02. The minimum absolute atomic E-state index is 0.294. The van der Waals surface area contributed by atoms with Crippen molar-refractivity contribution in [3.8, 4) is 0 Å². The highest BCUT2D eigenvalue weighted by Crippen LogP contribution is 2.26. The molecule has 0 radical (unpaired) electrons. The topological polar surface area (TPSA) is 25.2 Å². The van der Waals surface area contributed by atoms with Gasteiger partial charge in [-0.25, -0.2) is 0 Å². The quantitative estimate of drug-likeness (QED) is 0.846. The third-order valence-electron chi connectivity index (χ3n) is 2.93. The van der Waals surface area contributed by atoms with Crippen molar-refractivity contribution in [2.24, 2.45) is 0 Å². The number of hydrogen-bond acceptors (Lipinski definition) is 3. The fourth-order valence-electron chi connectivity index (χ4n) is 1.96. The summed E-state index contributed by atoms with van der Waals surface area (Å²) >= 11 is 1.85. The summed E-state index contributed by atoms with van der Waals surface area (Å²) < 4.78 is 5.47. The normalized spacial score (nSPS) is 14.8. The second-order valence-electron chi connectivity index (χ2n) is 4.31. The maximum absolute atomic E-state index is 5.47. The SMILES string of the molecule is CCC(NC(C)c1ccc(C)s1)c1ccco1. The van der Waals surface area contributed by atoms with Gasteiger partial charge in [0.15, 0.2) is 0 Å². The van der Waals surface area contributed by atoms with Crippen LogP contribution < -0.4 is 5.32 Å². The van der Waals surface area contributed by atoms with Gasteiger partial charge >= 0.3 is 0 Å². The van der Waals surface area contributed by atoms with E-state index in [1.165, 1.54) is 9.75 Å². The molecule has 17 heavy (non-hydrogen) atoms. The lowest BCUT2D eigenvalue weighted by Gasteiger charge is -2.19. The van der Waals surface area contributed by atoms with Crippen molar-refractivity contribution in [3.05, 3.63) is 46.0 Å². The molecule has 2 heterocycles. The Hall–Kier alpha value is -1.06. The Kier molecular flexibility index (Phi) is 4.02. The van der Waals surface area contributed by atoms with E-state index in [2.05, 4.69) is 38.2 Å². The van der Waals surface area contributed by atoms with Gasteiger partial charge in [0.2, 0.25) is 0 Å². The predicted octanol–water partition coefficient (Wildman–Crippen LogP) is 4.45. The third-order valence-corrected chi connectivity index (χ3v) is 4.12. The number of rotatable bonds is 5. The van der Waals surface area contributed by atoms with E-state index in [1.807, 2.05) is 23.5 Å². The average Bonchev–Trinajstić information content (AvgIpc) is 2.96. The van der Waals surface area contributed by atoms with Crippen LogP contribution in [0.5, 0.6) is 0 Å². The number of hydrogen-bond donors (Lipinski definition) is 1. The number of aryl methyl sites for hydroxylation is 1. The maximum atomic E-state index is 5.47. The first kappa shape index (κ1) is 12.4. The molecular weight excluding hydrogens is 230 g/mol. The highest BCUT2D eigenvalue weighted by atomic mass is 32.1. The lowest BCUT2D eigenvalue weighted by molar-refractivity contribution is 0.378. The predicted molar refractivity (Wildman–Crippen MR) is 72.3 cm³/mol. The van der Waals surface area contributed by atoms with Gasteiger partial charge < -0.3 is 4.42 Å². The van der Waals surface area contributed by atoms with E-state index in [4.69, 9.17) is 4.42 Å². The van der Waals surface area contributed by atoms with Gasteiger partial charge in [-0.1, -0.05) is 6.92 Å². The van der Waals surface area contributed by atoms with Gasteiger partial charge in [-0.3, -0.25) is 5.32 Å². The average molecular weight is 249 g/mol. The Morgan fingerprint density at radius 2 is 2.18 bits per heavy atom. The maximum Gasteiger partial charge on any atom is 0.120 e. The Morgan fingerprint density at radius 1 is 1.35 bits per heavy atom. The van der Waals surface area contributed by atoms with Crippen LogP contribution in [-0.2, 0) is 0 Å². The lowest BCUT2D eigenvalue weighted by Crippen LogP contribution is -2.23. The molecular formula is C14H19NOS. The number of thiophene rings is 1. The van der Waals surface area contributed by atoms with E-state index in [0.29, 0.717) is 12.1 Å². The molecule has 2 aromatic rings. The molecule has 0 aliphatic rings. The zero-order valence-electron chi connectivity index (χ0n) is 10.6. The van der Waals surface area contributed by atoms with E-state index in [9.17, 15) is 0 Å². The van der Waals surface area contributed by atoms with Gasteiger partial charge in [-0.05, 0) is 44.5 Å². The molecule has 0 fully saturated rings. The van der Waals surface area contributed by atoms with E-state index in [1.54, 1.807) is 6.26 Å². The first-order valence-electron chi connectivity index (χ1n) is 6.06. The fraction of sp³-hybridized carbons (Fsp3) is 0.429. The molecule has 0 aliphatic carbocycles.